The predicted octanol–water partition coefficient (Wildman–Crippen LogP) is 4.56. The van der Waals surface area contributed by atoms with Crippen molar-refractivity contribution in [3.05, 3.63) is 95.2 Å². The van der Waals surface area contributed by atoms with Gasteiger partial charge in [-0.05, 0) is 49.2 Å². The minimum Gasteiger partial charge on any atom is -0.496 e. The molecule has 10 heteroatoms. The first-order valence-corrected chi connectivity index (χ1v) is 13.4. The molecule has 1 N–H and O–H groups in total. The molecule has 2 aromatic carbocycles. The molecule has 0 saturated carbocycles. The van der Waals surface area contributed by atoms with E-state index < -0.39 is 20.9 Å². The largest absolute Gasteiger partial charge is 0.496 e. The molecule has 2 aromatic heterocycles. The third kappa shape index (κ3) is 6.15. The summed E-state index contributed by atoms with van der Waals surface area (Å²) in [6, 6.07) is 16.8. The second kappa shape index (κ2) is 10.8. The second-order valence-electron chi connectivity index (χ2n) is 8.68. The minimum atomic E-state index is -3.77. The Morgan fingerprint density at radius 2 is 1.86 bits per heavy atom. The molecule has 4 aromatic rings. The SMILES string of the molecule is COc1ccccc1CN(Cc1ccco1)c1cnc(S(C)(=O)=O)nc1C(=O)Nc1cc(C)ccc1C. The van der Waals surface area contributed by atoms with E-state index >= 15 is 0 Å². The lowest BCUT2D eigenvalue weighted by Crippen LogP contribution is -2.28. The molecule has 9 nitrogen and oxygen atoms in total. The Morgan fingerprint density at radius 1 is 1.08 bits per heavy atom. The van der Waals surface area contributed by atoms with Gasteiger partial charge in [-0.3, -0.25) is 4.79 Å². The third-order valence-corrected chi connectivity index (χ3v) is 6.62. The molecule has 4 rings (SSSR count). The lowest BCUT2D eigenvalue weighted by Gasteiger charge is -2.26. The first kappa shape index (κ1) is 25.9. The zero-order valence-electron chi connectivity index (χ0n) is 21.1. The van der Waals surface area contributed by atoms with Crippen molar-refractivity contribution in [3.63, 3.8) is 0 Å². The van der Waals surface area contributed by atoms with E-state index in [9.17, 15) is 13.2 Å². The molecule has 0 spiro atoms. The number of nitrogens with one attached hydrogen (secondary N) is 1. The van der Waals surface area contributed by atoms with Crippen molar-refractivity contribution in [2.75, 3.05) is 23.6 Å². The standard InChI is InChI=1S/C27H28N4O5S/c1-18-11-12-19(2)22(14-18)29-26(32)25-23(15-28-27(30-25)37(4,33)34)31(17-21-9-7-13-36-21)16-20-8-5-6-10-24(20)35-3/h5-15H,16-17H2,1-4H3,(H,29,32). The summed E-state index contributed by atoms with van der Waals surface area (Å²) in [5.41, 5.74) is 3.56. The third-order valence-electron chi connectivity index (χ3n) is 5.76. The lowest BCUT2D eigenvalue weighted by molar-refractivity contribution is 0.102. The molecule has 0 fully saturated rings. The Labute approximate surface area is 216 Å². The number of sulfone groups is 1. The molecule has 192 valence electrons. The average Bonchev–Trinajstić information content (AvgIpc) is 3.38. The highest BCUT2D eigenvalue weighted by atomic mass is 32.2. The maximum absolute atomic E-state index is 13.6. The van der Waals surface area contributed by atoms with Crippen LogP contribution in [-0.4, -0.2) is 37.7 Å². The van der Waals surface area contributed by atoms with Crippen molar-refractivity contribution in [2.24, 2.45) is 0 Å². The van der Waals surface area contributed by atoms with Crippen molar-refractivity contribution in [1.29, 1.82) is 0 Å². The quantitative estimate of drug-likeness (QED) is 0.320. The number of rotatable bonds is 9. The highest BCUT2D eigenvalue weighted by Gasteiger charge is 2.25. The normalized spacial score (nSPS) is 11.2. The Hall–Kier alpha value is -4.18. The number of benzene rings is 2. The van der Waals surface area contributed by atoms with Gasteiger partial charge in [0.15, 0.2) is 5.69 Å². The fraction of sp³-hybridized carbons (Fsp3) is 0.222. The first-order chi connectivity index (χ1) is 17.7. The van der Waals surface area contributed by atoms with E-state index in [-0.39, 0.29) is 12.2 Å². The number of hydrogen-bond acceptors (Lipinski definition) is 8. The van der Waals surface area contributed by atoms with Gasteiger partial charge in [0.1, 0.15) is 11.5 Å². The highest BCUT2D eigenvalue weighted by molar-refractivity contribution is 7.90. The van der Waals surface area contributed by atoms with E-state index in [1.165, 1.54) is 6.20 Å². The summed E-state index contributed by atoms with van der Waals surface area (Å²) in [5, 5.41) is 2.45. The van der Waals surface area contributed by atoms with Gasteiger partial charge in [-0.2, -0.15) is 0 Å². The summed E-state index contributed by atoms with van der Waals surface area (Å²) in [6.45, 7) is 4.39. The van der Waals surface area contributed by atoms with Gasteiger partial charge in [0.25, 0.3) is 5.91 Å². The van der Waals surface area contributed by atoms with E-state index in [1.807, 2.05) is 67.3 Å². The summed E-state index contributed by atoms with van der Waals surface area (Å²) >= 11 is 0. The maximum Gasteiger partial charge on any atom is 0.276 e. The van der Waals surface area contributed by atoms with Crippen LogP contribution in [0, 0.1) is 13.8 Å². The number of nitrogens with zero attached hydrogens (tertiary/aromatic N) is 3. The van der Waals surface area contributed by atoms with Crippen LogP contribution in [-0.2, 0) is 22.9 Å². The number of hydrogen-bond donors (Lipinski definition) is 1. The molecule has 0 aliphatic rings. The number of aromatic nitrogens is 2. The van der Waals surface area contributed by atoms with Gasteiger partial charge >= 0.3 is 0 Å². The number of para-hydroxylation sites is 1. The van der Waals surface area contributed by atoms with Crippen LogP contribution in [0.2, 0.25) is 0 Å². The zero-order chi connectivity index (χ0) is 26.6. The molecule has 0 aliphatic heterocycles. The molecule has 0 atom stereocenters. The topological polar surface area (TPSA) is 115 Å². The number of amides is 1. The molecule has 0 unspecified atom stereocenters. The smallest absolute Gasteiger partial charge is 0.276 e. The van der Waals surface area contributed by atoms with Crippen LogP contribution in [0.5, 0.6) is 5.75 Å². The molecule has 0 bridgehead atoms. The molecule has 0 saturated heterocycles. The van der Waals surface area contributed by atoms with Crippen LogP contribution >= 0.6 is 0 Å². The Morgan fingerprint density at radius 3 is 2.57 bits per heavy atom. The van der Waals surface area contributed by atoms with E-state index in [4.69, 9.17) is 9.15 Å². The van der Waals surface area contributed by atoms with Crippen LogP contribution in [0.4, 0.5) is 11.4 Å². The van der Waals surface area contributed by atoms with Crippen LogP contribution in [0.1, 0.15) is 32.9 Å². The van der Waals surface area contributed by atoms with Crippen LogP contribution in [0.25, 0.3) is 0 Å². The molecule has 0 radical (unpaired) electrons. The van der Waals surface area contributed by atoms with E-state index in [2.05, 4.69) is 15.3 Å². The summed E-state index contributed by atoms with van der Waals surface area (Å²) in [5.74, 6) is 0.755. The number of anilines is 2. The number of methoxy groups -OCH3 is 1. The van der Waals surface area contributed by atoms with E-state index in [0.29, 0.717) is 29.4 Å². The van der Waals surface area contributed by atoms with Gasteiger partial charge in [-0.25, -0.2) is 18.4 Å². The molecular weight excluding hydrogens is 492 g/mol. The lowest BCUT2D eigenvalue weighted by atomic mass is 10.1. The zero-order valence-corrected chi connectivity index (χ0v) is 21.9. The van der Waals surface area contributed by atoms with Crippen molar-refractivity contribution >= 4 is 27.1 Å². The van der Waals surface area contributed by atoms with Crippen LogP contribution in [0.15, 0.2) is 76.6 Å². The number of ether oxygens (including phenoxy) is 1. The van der Waals surface area contributed by atoms with E-state index in [1.54, 1.807) is 19.4 Å². The number of carbonyl (C=O) groups is 1. The van der Waals surface area contributed by atoms with Gasteiger partial charge in [-0.1, -0.05) is 30.3 Å². The monoisotopic (exact) mass is 520 g/mol. The minimum absolute atomic E-state index is 0.0715. The number of furan rings is 1. The first-order valence-electron chi connectivity index (χ1n) is 11.5. The average molecular weight is 521 g/mol. The van der Waals surface area contributed by atoms with Crippen molar-refractivity contribution in [3.8, 4) is 5.75 Å². The summed E-state index contributed by atoms with van der Waals surface area (Å²) < 4.78 is 35.6. The number of aryl methyl sites for hydroxylation is 2. The van der Waals surface area contributed by atoms with Crippen LogP contribution in [0.3, 0.4) is 0 Å². The van der Waals surface area contributed by atoms with Gasteiger partial charge in [0, 0.05) is 24.1 Å². The number of carbonyl (C=O) groups excluding carboxylic acids is 1. The van der Waals surface area contributed by atoms with Crippen molar-refractivity contribution in [2.45, 2.75) is 32.1 Å². The molecule has 0 aliphatic carbocycles. The fourth-order valence-electron chi connectivity index (χ4n) is 3.84. The highest BCUT2D eigenvalue weighted by Crippen LogP contribution is 2.28. The molecule has 2 heterocycles. The predicted molar refractivity (Wildman–Crippen MR) is 141 cm³/mol. The molecule has 1 amide bonds. The van der Waals surface area contributed by atoms with Gasteiger partial charge in [-0.15, -0.1) is 0 Å². The summed E-state index contributed by atoms with van der Waals surface area (Å²) in [4.78, 5) is 23.7. The Balaban J connectivity index is 1.82. The fourth-order valence-corrected chi connectivity index (χ4v) is 4.35. The van der Waals surface area contributed by atoms with E-state index in [0.717, 1.165) is 22.9 Å². The molecule has 37 heavy (non-hydrogen) atoms. The summed E-state index contributed by atoms with van der Waals surface area (Å²) in [6.07, 6.45) is 3.93. The van der Waals surface area contributed by atoms with Crippen molar-refractivity contribution in [1.82, 2.24) is 9.97 Å². The second-order valence-corrected chi connectivity index (χ2v) is 10.6. The summed E-state index contributed by atoms with van der Waals surface area (Å²) in [7, 11) is -2.18. The Kier molecular flexibility index (Phi) is 7.58. The van der Waals surface area contributed by atoms with Crippen LogP contribution < -0.4 is 15.0 Å². The van der Waals surface area contributed by atoms with Crippen molar-refractivity contribution < 1.29 is 22.4 Å². The maximum atomic E-state index is 13.6. The van der Waals surface area contributed by atoms with Gasteiger partial charge < -0.3 is 19.4 Å². The molecular formula is C27H28N4O5S. The van der Waals surface area contributed by atoms with Gasteiger partial charge in [0.05, 0.1) is 31.8 Å². The Bertz CT molecular complexity index is 1520. The van der Waals surface area contributed by atoms with Gasteiger partial charge in [0.2, 0.25) is 15.0 Å².